The molecular formula is C15H17N3O2S. The third-order valence-corrected chi connectivity index (χ3v) is 3.83. The second-order valence-electron chi connectivity index (χ2n) is 4.77. The van der Waals surface area contributed by atoms with Gasteiger partial charge in [-0.3, -0.25) is 4.79 Å². The molecule has 0 bridgehead atoms. The molecule has 21 heavy (non-hydrogen) atoms. The van der Waals surface area contributed by atoms with Crippen LogP contribution in [0.25, 0.3) is 0 Å². The van der Waals surface area contributed by atoms with Crippen LogP contribution in [0.5, 0.6) is 0 Å². The maximum absolute atomic E-state index is 12.1. The number of urea groups is 1. The molecule has 1 aromatic carbocycles. The number of ketones is 1. The van der Waals surface area contributed by atoms with Crippen LogP contribution in [0.1, 0.15) is 27.2 Å². The number of thiazole rings is 1. The van der Waals surface area contributed by atoms with Crippen LogP contribution in [-0.2, 0) is 6.54 Å². The number of anilines is 1. The molecule has 1 N–H and O–H groups in total. The Morgan fingerprint density at radius 2 is 2.14 bits per heavy atom. The van der Waals surface area contributed by atoms with Crippen LogP contribution in [0.3, 0.4) is 0 Å². The maximum Gasteiger partial charge on any atom is 0.321 e. The normalized spacial score (nSPS) is 10.2. The first-order valence-corrected chi connectivity index (χ1v) is 7.32. The first-order chi connectivity index (χ1) is 9.95. The van der Waals surface area contributed by atoms with Gasteiger partial charge in [-0.1, -0.05) is 12.1 Å². The molecule has 2 amide bonds. The zero-order valence-corrected chi connectivity index (χ0v) is 13.0. The fraction of sp³-hybridized carbons (Fsp3) is 0.267. The number of aromatic nitrogens is 1. The average molecular weight is 303 g/mol. The van der Waals surface area contributed by atoms with Crippen LogP contribution in [0.2, 0.25) is 0 Å². The number of hydrogen-bond donors (Lipinski definition) is 1. The maximum atomic E-state index is 12.1. The summed E-state index contributed by atoms with van der Waals surface area (Å²) in [5.74, 6) is -0.0282. The van der Waals surface area contributed by atoms with Gasteiger partial charge in [-0.05, 0) is 26.0 Å². The summed E-state index contributed by atoms with van der Waals surface area (Å²) in [4.78, 5) is 30.2. The van der Waals surface area contributed by atoms with Crippen molar-refractivity contribution >= 4 is 28.8 Å². The van der Waals surface area contributed by atoms with Crippen molar-refractivity contribution in [3.8, 4) is 0 Å². The van der Waals surface area contributed by atoms with Gasteiger partial charge in [-0.15, -0.1) is 11.3 Å². The minimum absolute atomic E-state index is 0.0282. The van der Waals surface area contributed by atoms with Gasteiger partial charge >= 0.3 is 6.03 Å². The number of Topliss-reactive ketones (excluding diaryl/α,β-unsaturated/α-hetero) is 1. The van der Waals surface area contributed by atoms with E-state index in [9.17, 15) is 9.59 Å². The van der Waals surface area contributed by atoms with Crippen LogP contribution in [0, 0.1) is 6.92 Å². The molecule has 0 unspecified atom stereocenters. The Kier molecular flexibility index (Phi) is 4.70. The van der Waals surface area contributed by atoms with Gasteiger partial charge in [-0.2, -0.15) is 0 Å². The van der Waals surface area contributed by atoms with Crippen LogP contribution in [0.15, 0.2) is 30.5 Å². The molecule has 2 rings (SSSR count). The molecule has 0 atom stereocenters. The van der Waals surface area contributed by atoms with Crippen molar-refractivity contribution in [2.45, 2.75) is 20.4 Å². The lowest BCUT2D eigenvalue weighted by atomic mass is 10.1. The van der Waals surface area contributed by atoms with E-state index in [1.54, 1.807) is 53.7 Å². The predicted octanol–water partition coefficient (Wildman–Crippen LogP) is 3.32. The fourth-order valence-electron chi connectivity index (χ4n) is 1.82. The third kappa shape index (κ3) is 4.13. The van der Waals surface area contributed by atoms with E-state index in [4.69, 9.17) is 0 Å². The summed E-state index contributed by atoms with van der Waals surface area (Å²) >= 11 is 1.57. The largest absolute Gasteiger partial charge is 0.322 e. The SMILES string of the molecule is CC(=O)c1cccc(NC(=O)N(C)Cc2cnc(C)s2)c1. The number of benzene rings is 1. The summed E-state index contributed by atoms with van der Waals surface area (Å²) < 4.78 is 0. The lowest BCUT2D eigenvalue weighted by Gasteiger charge is -2.17. The predicted molar refractivity (Wildman–Crippen MR) is 83.8 cm³/mol. The summed E-state index contributed by atoms with van der Waals surface area (Å²) in [6.07, 6.45) is 1.78. The molecule has 0 aliphatic carbocycles. The molecule has 0 aliphatic heterocycles. The molecule has 6 heteroatoms. The summed E-state index contributed by atoms with van der Waals surface area (Å²) in [5.41, 5.74) is 1.19. The molecule has 0 aliphatic rings. The molecule has 1 heterocycles. The van der Waals surface area contributed by atoms with Crippen molar-refractivity contribution in [1.29, 1.82) is 0 Å². The van der Waals surface area contributed by atoms with Gasteiger partial charge in [0.05, 0.1) is 11.6 Å². The van der Waals surface area contributed by atoms with Gasteiger partial charge in [0.15, 0.2) is 5.78 Å². The van der Waals surface area contributed by atoms with E-state index in [1.807, 2.05) is 6.92 Å². The molecule has 0 fully saturated rings. The van der Waals surface area contributed by atoms with Crippen LogP contribution in [0.4, 0.5) is 10.5 Å². The van der Waals surface area contributed by atoms with Crippen molar-refractivity contribution < 1.29 is 9.59 Å². The lowest BCUT2D eigenvalue weighted by molar-refractivity contribution is 0.101. The number of carbonyl (C=O) groups is 2. The van der Waals surface area contributed by atoms with E-state index in [0.29, 0.717) is 17.8 Å². The van der Waals surface area contributed by atoms with Gasteiger partial charge < -0.3 is 10.2 Å². The highest BCUT2D eigenvalue weighted by Gasteiger charge is 2.11. The van der Waals surface area contributed by atoms with Gasteiger partial charge in [0.1, 0.15) is 0 Å². The number of nitrogens with one attached hydrogen (secondary N) is 1. The summed E-state index contributed by atoms with van der Waals surface area (Å²) in [7, 11) is 1.72. The number of aryl methyl sites for hydroxylation is 1. The first-order valence-electron chi connectivity index (χ1n) is 6.50. The summed E-state index contributed by atoms with van der Waals surface area (Å²) in [6, 6.07) is 6.68. The van der Waals surface area contributed by atoms with Gasteiger partial charge in [0.2, 0.25) is 0 Å². The van der Waals surface area contributed by atoms with Crippen molar-refractivity contribution in [2.75, 3.05) is 12.4 Å². The summed E-state index contributed by atoms with van der Waals surface area (Å²) in [6.45, 7) is 3.93. The average Bonchev–Trinajstić information content (AvgIpc) is 2.84. The van der Waals surface area contributed by atoms with E-state index in [1.165, 1.54) is 6.92 Å². The smallest absolute Gasteiger partial charge is 0.321 e. The van der Waals surface area contributed by atoms with E-state index >= 15 is 0 Å². The third-order valence-electron chi connectivity index (χ3n) is 2.93. The Morgan fingerprint density at radius 1 is 1.38 bits per heavy atom. The van der Waals surface area contributed by atoms with Crippen LogP contribution in [-0.4, -0.2) is 28.7 Å². The topological polar surface area (TPSA) is 62.3 Å². The number of carbonyl (C=O) groups excluding carboxylic acids is 2. The Balaban J connectivity index is 2.00. The highest BCUT2D eigenvalue weighted by atomic mass is 32.1. The number of nitrogens with zero attached hydrogens (tertiary/aromatic N) is 2. The van der Waals surface area contributed by atoms with Crippen molar-refractivity contribution in [2.24, 2.45) is 0 Å². The first kappa shape index (κ1) is 15.2. The molecule has 0 saturated carbocycles. The van der Waals surface area contributed by atoms with Crippen molar-refractivity contribution in [3.05, 3.63) is 45.9 Å². The van der Waals surface area contributed by atoms with E-state index < -0.39 is 0 Å². The fourth-order valence-corrected chi connectivity index (χ4v) is 2.67. The molecule has 1 aromatic heterocycles. The molecule has 2 aromatic rings. The quantitative estimate of drug-likeness (QED) is 0.881. The minimum atomic E-state index is -0.221. The molecule has 0 spiro atoms. The number of hydrogen-bond acceptors (Lipinski definition) is 4. The Morgan fingerprint density at radius 3 is 2.76 bits per heavy atom. The van der Waals surface area contributed by atoms with Crippen LogP contribution >= 0.6 is 11.3 Å². The van der Waals surface area contributed by atoms with Gasteiger partial charge in [0.25, 0.3) is 0 Å². The summed E-state index contributed by atoms with van der Waals surface area (Å²) in [5, 5.41) is 3.76. The number of amides is 2. The monoisotopic (exact) mass is 303 g/mol. The Bertz CT molecular complexity index is 666. The lowest BCUT2D eigenvalue weighted by Crippen LogP contribution is -2.30. The zero-order valence-electron chi connectivity index (χ0n) is 12.2. The van der Waals surface area contributed by atoms with Crippen molar-refractivity contribution in [3.63, 3.8) is 0 Å². The highest BCUT2D eigenvalue weighted by molar-refractivity contribution is 7.11. The van der Waals surface area contributed by atoms with E-state index in [0.717, 1.165) is 9.88 Å². The second-order valence-corrected chi connectivity index (χ2v) is 6.09. The van der Waals surface area contributed by atoms with Crippen LogP contribution < -0.4 is 5.32 Å². The van der Waals surface area contributed by atoms with Gasteiger partial charge in [-0.25, -0.2) is 9.78 Å². The number of rotatable bonds is 4. The van der Waals surface area contributed by atoms with E-state index in [2.05, 4.69) is 10.3 Å². The molecular weight excluding hydrogens is 286 g/mol. The van der Waals surface area contributed by atoms with E-state index in [-0.39, 0.29) is 11.8 Å². The standard InChI is InChI=1S/C15H17N3O2S/c1-10(19)12-5-4-6-13(7-12)17-15(20)18(3)9-14-8-16-11(2)21-14/h4-8H,9H2,1-3H3,(H,17,20). The second kappa shape index (κ2) is 6.49. The Hall–Kier alpha value is -2.21. The highest BCUT2D eigenvalue weighted by Crippen LogP contribution is 2.15. The zero-order chi connectivity index (χ0) is 15.4. The Labute approximate surface area is 127 Å². The van der Waals surface area contributed by atoms with Crippen molar-refractivity contribution in [1.82, 2.24) is 9.88 Å². The minimum Gasteiger partial charge on any atom is -0.322 e. The van der Waals surface area contributed by atoms with Gasteiger partial charge in [0, 0.05) is 29.4 Å². The molecule has 5 nitrogen and oxygen atoms in total. The molecule has 110 valence electrons. The molecule has 0 saturated heterocycles. The molecule has 0 radical (unpaired) electrons.